The summed E-state index contributed by atoms with van der Waals surface area (Å²) < 4.78 is 0. The topological polar surface area (TPSA) is 26.0 Å². The van der Waals surface area contributed by atoms with E-state index >= 15 is 0 Å². The number of fused-ring (bicyclic) bond motifs is 1. The third-order valence-electron chi connectivity index (χ3n) is 4.88. The molecular weight excluding hydrogens is 242 g/mol. The minimum atomic E-state index is 0.304. The molecule has 0 aliphatic heterocycles. The van der Waals surface area contributed by atoms with Crippen LogP contribution in [0.25, 0.3) is 0 Å². The summed E-state index contributed by atoms with van der Waals surface area (Å²) in [6, 6.07) is 6.62. The van der Waals surface area contributed by atoms with Gasteiger partial charge in [0.15, 0.2) is 0 Å². The summed E-state index contributed by atoms with van der Waals surface area (Å²) >= 11 is 6.30. The molecule has 3 unspecified atom stereocenters. The van der Waals surface area contributed by atoms with E-state index in [2.05, 4.69) is 19.1 Å². The normalized spacial score (nSPS) is 31.8. The van der Waals surface area contributed by atoms with Crippen molar-refractivity contribution in [2.24, 2.45) is 23.5 Å². The average Bonchev–Trinajstić information content (AvgIpc) is 3.07. The van der Waals surface area contributed by atoms with Crippen LogP contribution in [-0.4, -0.2) is 6.04 Å². The van der Waals surface area contributed by atoms with Crippen LogP contribution in [0.15, 0.2) is 18.2 Å². The van der Waals surface area contributed by atoms with Crippen molar-refractivity contribution in [2.75, 3.05) is 0 Å². The molecule has 2 aliphatic carbocycles. The first-order chi connectivity index (χ1) is 8.66. The number of hydrogen-bond acceptors (Lipinski definition) is 1. The molecule has 3 rings (SSSR count). The fourth-order valence-electron chi connectivity index (χ4n) is 3.89. The van der Waals surface area contributed by atoms with Gasteiger partial charge in [0, 0.05) is 11.1 Å². The van der Waals surface area contributed by atoms with Crippen molar-refractivity contribution in [3.05, 3.63) is 34.3 Å². The number of hydrogen-bond donors (Lipinski definition) is 1. The summed E-state index contributed by atoms with van der Waals surface area (Å²) in [5, 5.41) is 0.883. The molecule has 0 spiro atoms. The third-order valence-corrected chi connectivity index (χ3v) is 5.23. The number of nitrogens with two attached hydrogens (primary N) is 1. The molecule has 0 saturated heterocycles. The van der Waals surface area contributed by atoms with E-state index < -0.39 is 0 Å². The smallest absolute Gasteiger partial charge is 0.0441 e. The Morgan fingerprint density at radius 3 is 2.56 bits per heavy atom. The van der Waals surface area contributed by atoms with Gasteiger partial charge < -0.3 is 5.73 Å². The quantitative estimate of drug-likeness (QED) is 0.878. The molecule has 2 N–H and O–H groups in total. The Labute approximate surface area is 115 Å². The molecular formula is C16H22ClN. The molecule has 0 radical (unpaired) electrons. The van der Waals surface area contributed by atoms with Crippen molar-refractivity contribution in [1.29, 1.82) is 0 Å². The van der Waals surface area contributed by atoms with Crippen LogP contribution < -0.4 is 5.73 Å². The van der Waals surface area contributed by atoms with Crippen LogP contribution in [0.2, 0.25) is 5.02 Å². The molecule has 1 aromatic carbocycles. The standard InChI is InChI=1S/C16H22ClN/c1-10-6-7-11(14(17)8-10)9-15(18)16-12-4-2-3-5-13(12)16/h6-8,12-13,15-16H,2-5,9,18H2,1H3. The van der Waals surface area contributed by atoms with Crippen molar-refractivity contribution in [3.8, 4) is 0 Å². The molecule has 0 heterocycles. The maximum atomic E-state index is 6.42. The molecule has 0 aromatic heterocycles. The summed E-state index contributed by atoms with van der Waals surface area (Å²) in [5.74, 6) is 2.63. The van der Waals surface area contributed by atoms with Gasteiger partial charge in [0.2, 0.25) is 0 Å². The first-order valence-corrected chi connectivity index (χ1v) is 7.55. The van der Waals surface area contributed by atoms with Crippen LogP contribution in [0.3, 0.4) is 0 Å². The van der Waals surface area contributed by atoms with E-state index in [-0.39, 0.29) is 0 Å². The van der Waals surface area contributed by atoms with Gasteiger partial charge in [-0.3, -0.25) is 0 Å². The lowest BCUT2D eigenvalue weighted by molar-refractivity contribution is 0.480. The van der Waals surface area contributed by atoms with Crippen LogP contribution in [0.1, 0.15) is 36.8 Å². The molecule has 0 amide bonds. The molecule has 1 aromatic rings. The van der Waals surface area contributed by atoms with Gasteiger partial charge >= 0.3 is 0 Å². The highest BCUT2D eigenvalue weighted by molar-refractivity contribution is 6.31. The molecule has 0 bridgehead atoms. The number of rotatable bonds is 3. The van der Waals surface area contributed by atoms with Gasteiger partial charge in [-0.05, 0) is 61.1 Å². The molecule has 1 nitrogen and oxygen atoms in total. The Bertz CT molecular complexity index is 431. The van der Waals surface area contributed by atoms with E-state index in [0.29, 0.717) is 6.04 Å². The molecule has 3 atom stereocenters. The zero-order chi connectivity index (χ0) is 12.7. The molecule has 2 saturated carbocycles. The predicted octanol–water partition coefficient (Wildman–Crippen LogP) is 3.95. The lowest BCUT2D eigenvalue weighted by Gasteiger charge is -2.13. The van der Waals surface area contributed by atoms with Crippen LogP contribution in [0.5, 0.6) is 0 Å². The Hall–Kier alpha value is -0.530. The van der Waals surface area contributed by atoms with Crippen molar-refractivity contribution >= 4 is 11.6 Å². The van der Waals surface area contributed by atoms with E-state index in [1.54, 1.807) is 0 Å². The van der Waals surface area contributed by atoms with E-state index in [1.807, 2.05) is 6.07 Å². The maximum Gasteiger partial charge on any atom is 0.0441 e. The monoisotopic (exact) mass is 263 g/mol. The fraction of sp³-hybridized carbons (Fsp3) is 0.625. The van der Waals surface area contributed by atoms with Crippen molar-refractivity contribution < 1.29 is 0 Å². The number of benzene rings is 1. The third kappa shape index (κ3) is 2.31. The lowest BCUT2D eigenvalue weighted by atomic mass is 10.00. The molecule has 2 heteroatoms. The van der Waals surface area contributed by atoms with E-state index in [1.165, 1.54) is 36.8 Å². The van der Waals surface area contributed by atoms with Gasteiger partial charge in [0.05, 0.1) is 0 Å². The minimum absolute atomic E-state index is 0.304. The SMILES string of the molecule is Cc1ccc(CC(N)C2C3CCCCC32)c(Cl)c1. The molecule has 2 aliphatic rings. The second kappa shape index (κ2) is 4.86. The molecule has 18 heavy (non-hydrogen) atoms. The lowest BCUT2D eigenvalue weighted by Crippen LogP contribution is -2.27. The van der Waals surface area contributed by atoms with Crippen molar-refractivity contribution in [2.45, 2.75) is 45.1 Å². The van der Waals surface area contributed by atoms with E-state index in [9.17, 15) is 0 Å². The van der Waals surface area contributed by atoms with Gasteiger partial charge in [-0.15, -0.1) is 0 Å². The van der Waals surface area contributed by atoms with E-state index in [4.69, 9.17) is 17.3 Å². The van der Waals surface area contributed by atoms with Crippen LogP contribution >= 0.6 is 11.6 Å². The summed E-state index contributed by atoms with van der Waals surface area (Å²) in [7, 11) is 0. The summed E-state index contributed by atoms with van der Waals surface area (Å²) in [4.78, 5) is 0. The van der Waals surface area contributed by atoms with Gasteiger partial charge in [-0.2, -0.15) is 0 Å². The summed E-state index contributed by atoms with van der Waals surface area (Å²) in [5.41, 5.74) is 8.86. The number of aryl methyl sites for hydroxylation is 1. The largest absolute Gasteiger partial charge is 0.327 e. The first-order valence-electron chi connectivity index (χ1n) is 7.17. The van der Waals surface area contributed by atoms with Gasteiger partial charge in [0.25, 0.3) is 0 Å². The maximum absolute atomic E-state index is 6.42. The van der Waals surface area contributed by atoms with Gasteiger partial charge in [-0.1, -0.05) is 36.6 Å². The van der Waals surface area contributed by atoms with Crippen LogP contribution in [0.4, 0.5) is 0 Å². The first kappa shape index (κ1) is 12.5. The van der Waals surface area contributed by atoms with Crippen LogP contribution in [0, 0.1) is 24.7 Å². The molecule has 2 fully saturated rings. The van der Waals surface area contributed by atoms with Crippen molar-refractivity contribution in [3.63, 3.8) is 0 Å². The zero-order valence-corrected chi connectivity index (χ0v) is 11.8. The zero-order valence-electron chi connectivity index (χ0n) is 11.0. The number of halogens is 1. The Kier molecular flexibility index (Phi) is 3.38. The Balaban J connectivity index is 1.66. The second-order valence-electron chi connectivity index (χ2n) is 6.15. The second-order valence-corrected chi connectivity index (χ2v) is 6.56. The van der Waals surface area contributed by atoms with Gasteiger partial charge in [-0.25, -0.2) is 0 Å². The fourth-order valence-corrected chi connectivity index (χ4v) is 4.20. The van der Waals surface area contributed by atoms with E-state index in [0.717, 1.165) is 29.2 Å². The highest BCUT2D eigenvalue weighted by Crippen LogP contribution is 2.56. The minimum Gasteiger partial charge on any atom is -0.327 e. The Morgan fingerprint density at radius 1 is 1.28 bits per heavy atom. The molecule has 98 valence electrons. The van der Waals surface area contributed by atoms with Crippen molar-refractivity contribution in [1.82, 2.24) is 0 Å². The highest BCUT2D eigenvalue weighted by atomic mass is 35.5. The Morgan fingerprint density at radius 2 is 1.94 bits per heavy atom. The summed E-state index contributed by atoms with van der Waals surface area (Å²) in [6.07, 6.45) is 6.58. The van der Waals surface area contributed by atoms with Gasteiger partial charge in [0.1, 0.15) is 0 Å². The summed E-state index contributed by atoms with van der Waals surface area (Å²) in [6.45, 7) is 2.07. The highest BCUT2D eigenvalue weighted by Gasteiger charge is 2.52. The van der Waals surface area contributed by atoms with Crippen LogP contribution in [-0.2, 0) is 6.42 Å². The average molecular weight is 264 g/mol. The predicted molar refractivity (Wildman–Crippen MR) is 76.8 cm³/mol.